The molecule has 30 heavy (non-hydrogen) atoms. The van der Waals surface area contributed by atoms with E-state index in [9.17, 15) is 9.65 Å². The number of rotatable bonds is 6. The lowest BCUT2D eigenvalue weighted by molar-refractivity contribution is 0.304. The fourth-order valence-electron chi connectivity index (χ4n) is 3.19. The molecule has 1 unspecified atom stereocenters. The Morgan fingerprint density at radius 1 is 1.27 bits per heavy atom. The summed E-state index contributed by atoms with van der Waals surface area (Å²) in [6, 6.07) is 5.35. The zero-order chi connectivity index (χ0) is 21.7. The van der Waals surface area contributed by atoms with Crippen LogP contribution in [0.3, 0.4) is 0 Å². The lowest BCUT2D eigenvalue weighted by atomic mass is 9.95. The van der Waals surface area contributed by atoms with E-state index < -0.39 is 11.9 Å². The quantitative estimate of drug-likeness (QED) is 0.323. The van der Waals surface area contributed by atoms with E-state index in [0.29, 0.717) is 23.5 Å². The number of aromatic nitrogens is 1. The van der Waals surface area contributed by atoms with Crippen LogP contribution < -0.4 is 26.8 Å². The minimum atomic E-state index is -0.828. The van der Waals surface area contributed by atoms with E-state index in [1.165, 1.54) is 12.1 Å². The zero-order valence-electron chi connectivity index (χ0n) is 16.4. The highest BCUT2D eigenvalue weighted by Gasteiger charge is 2.30. The van der Waals surface area contributed by atoms with Crippen LogP contribution in [0.2, 0.25) is 0 Å². The number of hydrogen-bond acceptors (Lipinski definition) is 9. The SMILES string of the molecule is CCCCCOc1cc(F)cc(C2N=C(NC#N)Nc3nc(N)c(C#N)c(N)c32)c1. The highest BCUT2D eigenvalue weighted by molar-refractivity contribution is 5.98. The number of nitrogens with zero attached hydrogens (tertiary/aromatic N) is 4. The summed E-state index contributed by atoms with van der Waals surface area (Å²) in [7, 11) is 0. The van der Waals surface area contributed by atoms with E-state index in [0.717, 1.165) is 19.3 Å². The number of unbranched alkanes of at least 4 members (excludes halogenated alkanes) is 2. The Hall–Kier alpha value is -4.05. The highest BCUT2D eigenvalue weighted by Crippen LogP contribution is 2.41. The first kappa shape index (κ1) is 20.7. The van der Waals surface area contributed by atoms with Gasteiger partial charge in [-0.15, -0.1) is 0 Å². The molecule has 0 saturated carbocycles. The molecule has 10 heteroatoms. The van der Waals surface area contributed by atoms with Gasteiger partial charge < -0.3 is 21.5 Å². The molecule has 6 N–H and O–H groups in total. The second kappa shape index (κ2) is 8.97. The molecule has 1 aliphatic heterocycles. The summed E-state index contributed by atoms with van der Waals surface area (Å²) in [6.07, 6.45) is 4.68. The van der Waals surface area contributed by atoms with E-state index in [-0.39, 0.29) is 28.8 Å². The van der Waals surface area contributed by atoms with E-state index >= 15 is 0 Å². The second-order valence-corrected chi connectivity index (χ2v) is 6.68. The molecule has 9 nitrogen and oxygen atoms in total. The number of halogens is 1. The fourth-order valence-corrected chi connectivity index (χ4v) is 3.19. The summed E-state index contributed by atoms with van der Waals surface area (Å²) in [4.78, 5) is 8.60. The lowest BCUT2D eigenvalue weighted by Crippen LogP contribution is -2.32. The van der Waals surface area contributed by atoms with Crippen molar-refractivity contribution in [3.05, 3.63) is 40.7 Å². The maximum atomic E-state index is 14.4. The number of pyridine rings is 1. The zero-order valence-corrected chi connectivity index (χ0v) is 16.4. The molecule has 3 rings (SSSR count). The van der Waals surface area contributed by atoms with Crippen LogP contribution in [0.5, 0.6) is 5.75 Å². The second-order valence-electron chi connectivity index (χ2n) is 6.68. The van der Waals surface area contributed by atoms with Crippen LogP contribution in [0, 0.1) is 28.6 Å². The molecule has 2 aromatic rings. The number of ether oxygens (including phenoxy) is 1. The van der Waals surface area contributed by atoms with Gasteiger partial charge in [0, 0.05) is 11.6 Å². The van der Waals surface area contributed by atoms with Gasteiger partial charge in [-0.05, 0) is 24.1 Å². The first-order valence-electron chi connectivity index (χ1n) is 9.40. The molecule has 1 aromatic heterocycles. The molecule has 0 fully saturated rings. The summed E-state index contributed by atoms with van der Waals surface area (Å²) in [6.45, 7) is 2.54. The number of nitrogens with two attached hydrogens (primary N) is 2. The van der Waals surface area contributed by atoms with Crippen molar-refractivity contribution in [2.45, 2.75) is 32.2 Å². The predicted octanol–water partition coefficient (Wildman–Crippen LogP) is 2.77. The van der Waals surface area contributed by atoms with Gasteiger partial charge in [0.2, 0.25) is 5.96 Å². The monoisotopic (exact) mass is 408 g/mol. The standard InChI is InChI=1S/C20H21FN8O/c1-2-3-4-5-30-13-7-11(6-12(21)8-13)17-15-16(24)14(9-22)18(25)28-19(15)29-20(27-17)26-10-23/h6-8,17H,2-5H2,1H3,(H6,24,25,26,27,28,29). The van der Waals surface area contributed by atoms with Crippen LogP contribution in [0.4, 0.5) is 21.7 Å². The van der Waals surface area contributed by atoms with E-state index in [1.54, 1.807) is 12.3 Å². The maximum Gasteiger partial charge on any atom is 0.211 e. The minimum Gasteiger partial charge on any atom is -0.493 e. The lowest BCUT2D eigenvalue weighted by Gasteiger charge is -2.26. The topological polar surface area (TPSA) is 158 Å². The summed E-state index contributed by atoms with van der Waals surface area (Å²) < 4.78 is 20.0. The molecule has 1 aromatic carbocycles. The maximum absolute atomic E-state index is 14.4. The molecule has 1 aliphatic rings. The van der Waals surface area contributed by atoms with Crippen LogP contribution in [0.25, 0.3) is 0 Å². The molecule has 0 amide bonds. The fraction of sp³-hybridized carbons (Fsp3) is 0.300. The normalized spacial score (nSPS) is 14.5. The largest absolute Gasteiger partial charge is 0.493 e. The van der Waals surface area contributed by atoms with Gasteiger partial charge in [0.15, 0.2) is 6.19 Å². The van der Waals surface area contributed by atoms with E-state index in [4.69, 9.17) is 21.5 Å². The minimum absolute atomic E-state index is 0.0138. The van der Waals surface area contributed by atoms with Crippen LogP contribution in [-0.4, -0.2) is 17.6 Å². The van der Waals surface area contributed by atoms with Gasteiger partial charge in [0.1, 0.15) is 40.9 Å². The Morgan fingerprint density at radius 2 is 2.07 bits per heavy atom. The number of nitrogens with one attached hydrogen (secondary N) is 2. The number of nitriles is 2. The molecular weight excluding hydrogens is 387 g/mol. The molecule has 0 bridgehead atoms. The summed E-state index contributed by atoms with van der Waals surface area (Å²) in [5.41, 5.74) is 12.9. The first-order chi connectivity index (χ1) is 14.5. The Bertz CT molecular complexity index is 1070. The third-order valence-corrected chi connectivity index (χ3v) is 4.58. The Morgan fingerprint density at radius 3 is 2.77 bits per heavy atom. The smallest absolute Gasteiger partial charge is 0.211 e. The third kappa shape index (κ3) is 4.18. The van der Waals surface area contributed by atoms with Gasteiger partial charge in [0.05, 0.1) is 12.3 Å². The molecule has 2 heterocycles. The number of nitrogen functional groups attached to an aromatic ring is 2. The molecule has 0 aliphatic carbocycles. The third-order valence-electron chi connectivity index (χ3n) is 4.58. The van der Waals surface area contributed by atoms with Crippen molar-refractivity contribution in [2.75, 3.05) is 23.4 Å². The summed E-state index contributed by atoms with van der Waals surface area (Å²) in [5.74, 6) is 0.119. The van der Waals surface area contributed by atoms with Crippen molar-refractivity contribution in [3.63, 3.8) is 0 Å². The van der Waals surface area contributed by atoms with Gasteiger partial charge in [0.25, 0.3) is 0 Å². The van der Waals surface area contributed by atoms with Crippen molar-refractivity contribution < 1.29 is 9.13 Å². The highest BCUT2D eigenvalue weighted by atomic mass is 19.1. The van der Waals surface area contributed by atoms with Crippen molar-refractivity contribution in [1.29, 1.82) is 10.5 Å². The van der Waals surface area contributed by atoms with Crippen molar-refractivity contribution in [2.24, 2.45) is 4.99 Å². The Balaban J connectivity index is 2.08. The summed E-state index contributed by atoms with van der Waals surface area (Å²) >= 11 is 0. The van der Waals surface area contributed by atoms with Crippen molar-refractivity contribution in [3.8, 4) is 18.0 Å². The molecule has 0 radical (unpaired) electrons. The molecular formula is C20H21FN8O. The van der Waals surface area contributed by atoms with Gasteiger partial charge in [-0.2, -0.15) is 10.5 Å². The number of guanidine groups is 1. The number of aliphatic imine (C=N–C) groups is 1. The molecule has 1 atom stereocenters. The molecule has 0 spiro atoms. The van der Waals surface area contributed by atoms with Gasteiger partial charge in [-0.1, -0.05) is 19.8 Å². The molecule has 0 saturated heterocycles. The average molecular weight is 408 g/mol. The van der Waals surface area contributed by atoms with Crippen LogP contribution >= 0.6 is 0 Å². The van der Waals surface area contributed by atoms with Gasteiger partial charge in [-0.25, -0.2) is 14.4 Å². The number of benzene rings is 1. The van der Waals surface area contributed by atoms with E-state index in [1.807, 2.05) is 6.07 Å². The van der Waals surface area contributed by atoms with Crippen molar-refractivity contribution in [1.82, 2.24) is 10.3 Å². The first-order valence-corrected chi connectivity index (χ1v) is 9.40. The van der Waals surface area contributed by atoms with Crippen molar-refractivity contribution >= 4 is 23.3 Å². The van der Waals surface area contributed by atoms with Crippen LogP contribution in [-0.2, 0) is 0 Å². The Kier molecular flexibility index (Phi) is 6.18. The number of hydrogen-bond donors (Lipinski definition) is 4. The average Bonchev–Trinajstić information content (AvgIpc) is 2.70. The number of anilines is 3. The van der Waals surface area contributed by atoms with Crippen LogP contribution in [0.1, 0.15) is 48.9 Å². The molecule has 154 valence electrons. The van der Waals surface area contributed by atoms with E-state index in [2.05, 4.69) is 27.5 Å². The van der Waals surface area contributed by atoms with Crippen LogP contribution in [0.15, 0.2) is 23.2 Å². The number of fused-ring (bicyclic) bond motifs is 1. The van der Waals surface area contributed by atoms with Gasteiger partial charge >= 0.3 is 0 Å². The summed E-state index contributed by atoms with van der Waals surface area (Å²) in [5, 5.41) is 23.6. The van der Waals surface area contributed by atoms with Gasteiger partial charge in [-0.3, -0.25) is 5.32 Å². The predicted molar refractivity (Wildman–Crippen MR) is 111 cm³/mol. The Labute approximate surface area is 173 Å².